The molecule has 0 spiro atoms. The van der Waals surface area contributed by atoms with Crippen LogP contribution in [0.5, 0.6) is 0 Å². The second-order valence-corrected chi connectivity index (χ2v) is 7.42. The molecule has 18 heavy (non-hydrogen) atoms. The standard InChI is InChI=1S/C15H14S3/c1-9-6-12(17-8-9)15-11(3)7-13(18-15)14-10(2)4-5-16-14/h4-8H,1-3H3. The number of hydrogen-bond acceptors (Lipinski definition) is 3. The van der Waals surface area contributed by atoms with E-state index in [4.69, 9.17) is 0 Å². The Labute approximate surface area is 120 Å². The number of thiophene rings is 3. The van der Waals surface area contributed by atoms with Gasteiger partial charge in [-0.15, -0.1) is 34.0 Å². The van der Waals surface area contributed by atoms with Gasteiger partial charge in [-0.25, -0.2) is 0 Å². The Balaban J connectivity index is 2.09. The molecule has 0 atom stereocenters. The minimum Gasteiger partial charge on any atom is -0.143 e. The molecule has 0 aliphatic rings. The molecule has 0 N–H and O–H groups in total. The van der Waals surface area contributed by atoms with Crippen LogP contribution in [-0.2, 0) is 0 Å². The van der Waals surface area contributed by atoms with Gasteiger partial charge in [-0.1, -0.05) is 0 Å². The molecule has 0 unspecified atom stereocenters. The minimum absolute atomic E-state index is 1.36. The first-order valence-electron chi connectivity index (χ1n) is 5.85. The summed E-state index contributed by atoms with van der Waals surface area (Å²) in [7, 11) is 0. The highest BCUT2D eigenvalue weighted by Gasteiger charge is 2.12. The van der Waals surface area contributed by atoms with Crippen LogP contribution in [0.1, 0.15) is 16.7 Å². The van der Waals surface area contributed by atoms with Gasteiger partial charge < -0.3 is 0 Å². The van der Waals surface area contributed by atoms with Crippen molar-refractivity contribution in [2.45, 2.75) is 20.8 Å². The van der Waals surface area contributed by atoms with Crippen molar-refractivity contribution in [1.82, 2.24) is 0 Å². The summed E-state index contributed by atoms with van der Waals surface area (Å²) >= 11 is 5.60. The summed E-state index contributed by atoms with van der Waals surface area (Å²) in [6.45, 7) is 6.57. The Morgan fingerprint density at radius 1 is 0.833 bits per heavy atom. The fraction of sp³-hybridized carbons (Fsp3) is 0.200. The van der Waals surface area contributed by atoms with Gasteiger partial charge in [0.2, 0.25) is 0 Å². The van der Waals surface area contributed by atoms with Gasteiger partial charge in [0.1, 0.15) is 0 Å². The van der Waals surface area contributed by atoms with Crippen molar-refractivity contribution in [3.8, 4) is 19.5 Å². The fourth-order valence-corrected chi connectivity index (χ4v) is 5.38. The second kappa shape index (κ2) is 4.65. The molecule has 3 aromatic rings. The summed E-state index contributed by atoms with van der Waals surface area (Å²) < 4.78 is 0. The van der Waals surface area contributed by atoms with E-state index < -0.39 is 0 Å². The van der Waals surface area contributed by atoms with Crippen LogP contribution in [0.2, 0.25) is 0 Å². The van der Waals surface area contributed by atoms with Crippen molar-refractivity contribution >= 4 is 34.0 Å². The third kappa shape index (κ3) is 2.07. The van der Waals surface area contributed by atoms with Crippen LogP contribution in [0.3, 0.4) is 0 Å². The molecule has 0 nitrogen and oxygen atoms in total. The molecule has 3 heteroatoms. The molecule has 0 aliphatic carbocycles. The van der Waals surface area contributed by atoms with E-state index in [-0.39, 0.29) is 0 Å². The van der Waals surface area contributed by atoms with Gasteiger partial charge in [0.15, 0.2) is 0 Å². The zero-order valence-electron chi connectivity index (χ0n) is 10.6. The Bertz CT molecular complexity index is 682. The molecule has 3 rings (SSSR count). The average Bonchev–Trinajstić information content (AvgIpc) is 2.99. The van der Waals surface area contributed by atoms with Crippen LogP contribution in [0.25, 0.3) is 19.5 Å². The second-order valence-electron chi connectivity index (χ2n) is 4.54. The lowest BCUT2D eigenvalue weighted by molar-refractivity contribution is 1.52. The van der Waals surface area contributed by atoms with Gasteiger partial charge in [0, 0.05) is 19.5 Å². The quantitative estimate of drug-likeness (QED) is 0.532. The maximum absolute atomic E-state index is 2.33. The predicted molar refractivity (Wildman–Crippen MR) is 85.2 cm³/mol. The maximum Gasteiger partial charge on any atom is 0.0478 e. The largest absolute Gasteiger partial charge is 0.143 e. The van der Waals surface area contributed by atoms with Gasteiger partial charge in [-0.2, -0.15) is 0 Å². The van der Waals surface area contributed by atoms with Crippen molar-refractivity contribution in [2.75, 3.05) is 0 Å². The molecular formula is C15H14S3. The summed E-state index contributed by atoms with van der Waals surface area (Å²) in [4.78, 5) is 5.65. The SMILES string of the molecule is Cc1csc(-c2sc(-c3sccc3C)cc2C)c1. The maximum atomic E-state index is 2.33. The van der Waals surface area contributed by atoms with E-state index in [2.05, 4.69) is 49.7 Å². The van der Waals surface area contributed by atoms with Crippen molar-refractivity contribution in [2.24, 2.45) is 0 Å². The fourth-order valence-electron chi connectivity index (χ4n) is 2.01. The van der Waals surface area contributed by atoms with Crippen molar-refractivity contribution in [1.29, 1.82) is 0 Å². The Kier molecular flexibility index (Phi) is 3.14. The Morgan fingerprint density at radius 3 is 2.28 bits per heavy atom. The highest BCUT2D eigenvalue weighted by molar-refractivity contribution is 7.26. The Hall–Kier alpha value is -0.900. The molecule has 0 radical (unpaired) electrons. The van der Waals surface area contributed by atoms with Gasteiger partial charge in [-0.3, -0.25) is 0 Å². The molecule has 0 bridgehead atoms. The van der Waals surface area contributed by atoms with Crippen LogP contribution in [-0.4, -0.2) is 0 Å². The molecule has 92 valence electrons. The first-order valence-corrected chi connectivity index (χ1v) is 8.43. The van der Waals surface area contributed by atoms with Crippen molar-refractivity contribution < 1.29 is 0 Å². The third-order valence-electron chi connectivity index (χ3n) is 2.96. The van der Waals surface area contributed by atoms with E-state index in [0.717, 1.165) is 0 Å². The van der Waals surface area contributed by atoms with Crippen LogP contribution in [0.4, 0.5) is 0 Å². The average molecular weight is 290 g/mol. The highest BCUT2D eigenvalue weighted by atomic mass is 32.1. The summed E-state index contributed by atoms with van der Waals surface area (Å²) in [6, 6.07) is 6.81. The van der Waals surface area contributed by atoms with E-state index in [1.165, 1.54) is 36.2 Å². The monoisotopic (exact) mass is 290 g/mol. The summed E-state index contributed by atoms with van der Waals surface area (Å²) in [6.07, 6.45) is 0. The van der Waals surface area contributed by atoms with Crippen LogP contribution in [0.15, 0.2) is 29.0 Å². The molecular weight excluding hydrogens is 276 g/mol. The first kappa shape index (κ1) is 12.2. The zero-order chi connectivity index (χ0) is 12.7. The normalized spacial score (nSPS) is 11.1. The minimum atomic E-state index is 1.36. The molecule has 0 aliphatic heterocycles. The Morgan fingerprint density at radius 2 is 1.67 bits per heavy atom. The van der Waals surface area contributed by atoms with Gasteiger partial charge >= 0.3 is 0 Å². The summed E-state index contributed by atoms with van der Waals surface area (Å²) in [5.74, 6) is 0. The van der Waals surface area contributed by atoms with Crippen molar-refractivity contribution in [3.05, 3.63) is 45.6 Å². The lowest BCUT2D eigenvalue weighted by atomic mass is 10.2. The van der Waals surface area contributed by atoms with Gasteiger partial charge in [0.25, 0.3) is 0 Å². The molecule has 3 heterocycles. The molecule has 0 aromatic carbocycles. The topological polar surface area (TPSA) is 0 Å². The molecule has 3 aromatic heterocycles. The van der Waals surface area contributed by atoms with E-state index in [0.29, 0.717) is 0 Å². The lowest BCUT2D eigenvalue weighted by Crippen LogP contribution is -1.68. The van der Waals surface area contributed by atoms with Gasteiger partial charge in [0.05, 0.1) is 0 Å². The number of aryl methyl sites for hydroxylation is 3. The zero-order valence-corrected chi connectivity index (χ0v) is 13.1. The molecule has 0 amide bonds. The summed E-state index contributed by atoms with van der Waals surface area (Å²) in [5, 5.41) is 4.40. The van der Waals surface area contributed by atoms with Crippen LogP contribution < -0.4 is 0 Å². The number of rotatable bonds is 2. The van der Waals surface area contributed by atoms with Crippen molar-refractivity contribution in [3.63, 3.8) is 0 Å². The number of hydrogen-bond donors (Lipinski definition) is 0. The van der Waals surface area contributed by atoms with E-state index in [9.17, 15) is 0 Å². The third-order valence-corrected chi connectivity index (χ3v) is 6.62. The molecule has 0 saturated heterocycles. The molecule has 0 saturated carbocycles. The highest BCUT2D eigenvalue weighted by Crippen LogP contribution is 2.42. The van der Waals surface area contributed by atoms with Gasteiger partial charge in [-0.05, 0) is 66.4 Å². The van der Waals surface area contributed by atoms with E-state index in [1.807, 2.05) is 34.0 Å². The van der Waals surface area contributed by atoms with E-state index >= 15 is 0 Å². The van der Waals surface area contributed by atoms with Crippen LogP contribution in [0, 0.1) is 20.8 Å². The molecule has 0 fully saturated rings. The van der Waals surface area contributed by atoms with E-state index in [1.54, 1.807) is 0 Å². The predicted octanol–water partition coefficient (Wildman–Crippen LogP) is 6.13. The summed E-state index contributed by atoms with van der Waals surface area (Å²) in [5.41, 5.74) is 4.14. The lowest BCUT2D eigenvalue weighted by Gasteiger charge is -1.94. The smallest absolute Gasteiger partial charge is 0.0478 e. The first-order chi connectivity index (χ1) is 8.65. The van der Waals surface area contributed by atoms with Crippen LogP contribution >= 0.6 is 34.0 Å².